The zero-order valence-corrected chi connectivity index (χ0v) is 9.61. The summed E-state index contributed by atoms with van der Waals surface area (Å²) >= 11 is 0. The van der Waals surface area contributed by atoms with Crippen LogP contribution < -0.4 is 0 Å². The van der Waals surface area contributed by atoms with Gasteiger partial charge in [-0.1, -0.05) is 12.8 Å². The fourth-order valence-corrected chi connectivity index (χ4v) is 2.40. The van der Waals surface area contributed by atoms with E-state index in [1.165, 1.54) is 12.8 Å². The van der Waals surface area contributed by atoms with Crippen LogP contribution in [-0.2, 0) is 0 Å². The van der Waals surface area contributed by atoms with Gasteiger partial charge in [0.25, 0.3) is 0 Å². The average molecular weight is 205 g/mol. The molecule has 0 spiro atoms. The maximum absolute atomic E-state index is 9.06. The number of nitrogens with zero attached hydrogens (tertiary/aromatic N) is 3. The van der Waals surface area contributed by atoms with Crippen molar-refractivity contribution in [3.8, 4) is 12.1 Å². The first kappa shape index (κ1) is 12.0. The van der Waals surface area contributed by atoms with Crippen LogP contribution >= 0.6 is 0 Å². The first-order chi connectivity index (χ1) is 7.19. The molecule has 0 N–H and O–H groups in total. The molecule has 3 nitrogen and oxygen atoms in total. The smallest absolute Gasteiger partial charge is 0.0672 e. The van der Waals surface area contributed by atoms with Gasteiger partial charge in [-0.15, -0.1) is 0 Å². The minimum atomic E-state index is 0.0521. The summed E-state index contributed by atoms with van der Waals surface area (Å²) in [4.78, 5) is 2.20. The molecule has 0 aromatic heterocycles. The van der Waals surface area contributed by atoms with Gasteiger partial charge in [0.15, 0.2) is 0 Å². The highest BCUT2D eigenvalue weighted by Gasteiger charge is 2.28. The van der Waals surface area contributed by atoms with Gasteiger partial charge in [0.1, 0.15) is 0 Å². The molecule has 0 aromatic rings. The van der Waals surface area contributed by atoms with Crippen molar-refractivity contribution in [1.29, 1.82) is 10.5 Å². The van der Waals surface area contributed by atoms with Gasteiger partial charge in [0.2, 0.25) is 0 Å². The van der Waals surface area contributed by atoms with Crippen LogP contribution in [0.1, 0.15) is 32.6 Å². The number of hydrogen-bond acceptors (Lipinski definition) is 3. The van der Waals surface area contributed by atoms with Crippen molar-refractivity contribution >= 4 is 0 Å². The van der Waals surface area contributed by atoms with Gasteiger partial charge in [-0.25, -0.2) is 0 Å². The average Bonchev–Trinajstić information content (AvgIpc) is 2.28. The maximum atomic E-state index is 9.06. The number of hydrogen-bond donors (Lipinski definition) is 0. The highest BCUT2D eigenvalue weighted by Crippen LogP contribution is 2.27. The summed E-state index contributed by atoms with van der Waals surface area (Å²) < 4.78 is 0. The predicted molar refractivity (Wildman–Crippen MR) is 58.8 cm³/mol. The number of nitriles is 2. The maximum Gasteiger partial charge on any atom is 0.0672 e. The Morgan fingerprint density at radius 1 is 1.33 bits per heavy atom. The minimum Gasteiger partial charge on any atom is -0.301 e. The van der Waals surface area contributed by atoms with Gasteiger partial charge in [-0.05, 0) is 26.8 Å². The first-order valence-corrected chi connectivity index (χ1v) is 5.68. The van der Waals surface area contributed by atoms with Gasteiger partial charge < -0.3 is 4.90 Å². The fraction of sp³-hybridized carbons (Fsp3) is 0.833. The third kappa shape index (κ3) is 3.22. The lowest BCUT2D eigenvalue weighted by molar-refractivity contribution is 0.148. The summed E-state index contributed by atoms with van der Waals surface area (Å²) in [6.45, 7) is 2.71. The second-order valence-electron chi connectivity index (χ2n) is 4.56. The molecule has 3 heteroatoms. The van der Waals surface area contributed by atoms with E-state index in [4.69, 9.17) is 10.5 Å². The molecular formula is C12H19N3. The van der Waals surface area contributed by atoms with Crippen LogP contribution in [0, 0.1) is 34.5 Å². The molecule has 1 aliphatic carbocycles. The van der Waals surface area contributed by atoms with E-state index in [9.17, 15) is 0 Å². The Kier molecular flexibility index (Phi) is 4.59. The van der Waals surface area contributed by atoms with Crippen LogP contribution in [0.4, 0.5) is 0 Å². The second kappa shape index (κ2) is 5.73. The highest BCUT2D eigenvalue weighted by atomic mass is 15.1. The molecule has 82 valence electrons. The lowest BCUT2D eigenvalue weighted by atomic mass is 9.84. The lowest BCUT2D eigenvalue weighted by Gasteiger charge is -2.35. The van der Waals surface area contributed by atoms with E-state index in [1.54, 1.807) is 0 Å². The van der Waals surface area contributed by atoms with Crippen LogP contribution in [0.15, 0.2) is 0 Å². The quantitative estimate of drug-likeness (QED) is 0.709. The van der Waals surface area contributed by atoms with Gasteiger partial charge in [0.05, 0.1) is 24.0 Å². The van der Waals surface area contributed by atoms with E-state index in [0.29, 0.717) is 6.04 Å². The van der Waals surface area contributed by atoms with E-state index in [2.05, 4.69) is 17.0 Å². The SMILES string of the molecule is CC(C#N)CN(C)C1CCCCC1C#N. The summed E-state index contributed by atoms with van der Waals surface area (Å²) in [6.07, 6.45) is 4.52. The Bertz CT molecular complexity index is 274. The van der Waals surface area contributed by atoms with Crippen molar-refractivity contribution in [3.63, 3.8) is 0 Å². The van der Waals surface area contributed by atoms with Crippen LogP contribution in [0.25, 0.3) is 0 Å². The Hall–Kier alpha value is -1.06. The van der Waals surface area contributed by atoms with Crippen molar-refractivity contribution in [2.24, 2.45) is 11.8 Å². The molecule has 3 atom stereocenters. The first-order valence-electron chi connectivity index (χ1n) is 5.68. The fourth-order valence-electron chi connectivity index (χ4n) is 2.40. The molecular weight excluding hydrogens is 186 g/mol. The van der Waals surface area contributed by atoms with Gasteiger partial charge in [0, 0.05) is 12.6 Å². The van der Waals surface area contributed by atoms with Crippen LogP contribution in [0.2, 0.25) is 0 Å². The Morgan fingerprint density at radius 3 is 2.60 bits per heavy atom. The molecule has 1 saturated carbocycles. The monoisotopic (exact) mass is 205 g/mol. The zero-order valence-electron chi connectivity index (χ0n) is 9.61. The van der Waals surface area contributed by atoms with Crippen molar-refractivity contribution in [2.45, 2.75) is 38.6 Å². The van der Waals surface area contributed by atoms with E-state index in [0.717, 1.165) is 19.4 Å². The van der Waals surface area contributed by atoms with Crippen molar-refractivity contribution in [2.75, 3.05) is 13.6 Å². The van der Waals surface area contributed by atoms with Crippen molar-refractivity contribution in [3.05, 3.63) is 0 Å². The summed E-state index contributed by atoms with van der Waals surface area (Å²) in [6, 6.07) is 5.01. The predicted octanol–water partition coefficient (Wildman–Crippen LogP) is 2.16. The Labute approximate surface area is 92.3 Å². The van der Waals surface area contributed by atoms with Gasteiger partial charge in [-0.2, -0.15) is 10.5 Å². The molecule has 0 radical (unpaired) electrons. The van der Waals surface area contributed by atoms with Crippen LogP contribution in [0.5, 0.6) is 0 Å². The van der Waals surface area contributed by atoms with E-state index in [-0.39, 0.29) is 11.8 Å². The molecule has 0 heterocycles. The highest BCUT2D eigenvalue weighted by molar-refractivity contribution is 4.96. The van der Waals surface area contributed by atoms with E-state index in [1.807, 2.05) is 14.0 Å². The standard InChI is InChI=1S/C12H19N3/c1-10(7-13)9-15(2)12-6-4-3-5-11(12)8-14/h10-12H,3-6,9H2,1-2H3. The minimum absolute atomic E-state index is 0.0521. The largest absolute Gasteiger partial charge is 0.301 e. The second-order valence-corrected chi connectivity index (χ2v) is 4.56. The van der Waals surface area contributed by atoms with E-state index >= 15 is 0 Å². The Morgan fingerprint density at radius 2 is 2.00 bits per heavy atom. The lowest BCUT2D eigenvalue weighted by Crippen LogP contribution is -2.41. The topological polar surface area (TPSA) is 50.8 Å². The molecule has 0 amide bonds. The third-order valence-corrected chi connectivity index (χ3v) is 3.24. The summed E-state index contributed by atoms with van der Waals surface area (Å²) in [7, 11) is 2.04. The Balaban J connectivity index is 2.53. The molecule has 3 unspecified atom stereocenters. The normalized spacial score (nSPS) is 28.1. The summed E-state index contributed by atoms with van der Waals surface area (Å²) in [5.74, 6) is 0.214. The van der Waals surface area contributed by atoms with Crippen molar-refractivity contribution in [1.82, 2.24) is 4.90 Å². The van der Waals surface area contributed by atoms with Crippen molar-refractivity contribution < 1.29 is 0 Å². The zero-order chi connectivity index (χ0) is 11.3. The molecule has 1 rings (SSSR count). The summed E-state index contributed by atoms with van der Waals surface area (Å²) in [5, 5.41) is 17.8. The van der Waals surface area contributed by atoms with E-state index < -0.39 is 0 Å². The van der Waals surface area contributed by atoms with Crippen LogP contribution in [0.3, 0.4) is 0 Å². The molecule has 15 heavy (non-hydrogen) atoms. The van der Waals surface area contributed by atoms with Gasteiger partial charge >= 0.3 is 0 Å². The molecule has 0 bridgehead atoms. The molecule has 0 aliphatic heterocycles. The molecule has 1 fully saturated rings. The number of rotatable bonds is 3. The van der Waals surface area contributed by atoms with Gasteiger partial charge in [-0.3, -0.25) is 0 Å². The summed E-state index contributed by atoms with van der Waals surface area (Å²) in [5.41, 5.74) is 0. The van der Waals surface area contributed by atoms with Crippen LogP contribution in [-0.4, -0.2) is 24.5 Å². The third-order valence-electron chi connectivity index (χ3n) is 3.24. The molecule has 0 saturated heterocycles. The molecule has 0 aromatic carbocycles. The molecule has 1 aliphatic rings.